The lowest BCUT2D eigenvalue weighted by atomic mass is 9.99. The Hall–Kier alpha value is -0.610. The molecule has 0 spiro atoms. The standard InChI is InChI=1S/C15H31N3O/c1-10(2)7-13(15(19)16-6)17-14-9-18(11(3)4)8-12(14)5/h10-14,17H,7-9H2,1-6H3,(H,16,19). The van der Waals surface area contributed by atoms with Crippen molar-refractivity contribution < 1.29 is 4.79 Å². The lowest BCUT2D eigenvalue weighted by molar-refractivity contribution is -0.123. The Bertz CT molecular complexity index is 291. The van der Waals surface area contributed by atoms with Crippen molar-refractivity contribution in [2.75, 3.05) is 20.1 Å². The maximum Gasteiger partial charge on any atom is 0.236 e. The summed E-state index contributed by atoms with van der Waals surface area (Å²) in [5.41, 5.74) is 0. The van der Waals surface area contributed by atoms with Gasteiger partial charge in [-0.25, -0.2) is 0 Å². The third-order valence-corrected chi connectivity index (χ3v) is 4.06. The summed E-state index contributed by atoms with van der Waals surface area (Å²) in [6.45, 7) is 13.2. The fourth-order valence-corrected chi connectivity index (χ4v) is 2.80. The molecule has 4 heteroatoms. The number of nitrogens with one attached hydrogen (secondary N) is 2. The highest BCUT2D eigenvalue weighted by molar-refractivity contribution is 5.81. The normalized spacial score (nSPS) is 26.1. The lowest BCUT2D eigenvalue weighted by Crippen LogP contribution is -2.50. The summed E-state index contributed by atoms with van der Waals surface area (Å²) in [6, 6.07) is 0.936. The van der Waals surface area contributed by atoms with Gasteiger partial charge in [0, 0.05) is 32.2 Å². The summed E-state index contributed by atoms with van der Waals surface area (Å²) in [7, 11) is 1.72. The van der Waals surface area contributed by atoms with E-state index in [-0.39, 0.29) is 11.9 Å². The first kappa shape index (κ1) is 16.4. The predicted molar refractivity (Wildman–Crippen MR) is 80.1 cm³/mol. The van der Waals surface area contributed by atoms with Crippen LogP contribution in [0.3, 0.4) is 0 Å². The molecule has 1 aliphatic rings. The molecule has 3 atom stereocenters. The van der Waals surface area contributed by atoms with E-state index >= 15 is 0 Å². The van der Waals surface area contributed by atoms with E-state index in [2.05, 4.69) is 50.2 Å². The van der Waals surface area contributed by atoms with Gasteiger partial charge in [0.2, 0.25) is 5.91 Å². The highest BCUT2D eigenvalue weighted by atomic mass is 16.2. The molecule has 1 heterocycles. The van der Waals surface area contributed by atoms with Crippen molar-refractivity contribution in [1.82, 2.24) is 15.5 Å². The topological polar surface area (TPSA) is 44.4 Å². The van der Waals surface area contributed by atoms with Crippen LogP contribution in [0.4, 0.5) is 0 Å². The SMILES string of the molecule is CNC(=O)C(CC(C)C)NC1CN(C(C)C)CC1C. The van der Waals surface area contributed by atoms with Crippen molar-refractivity contribution >= 4 is 5.91 Å². The highest BCUT2D eigenvalue weighted by Crippen LogP contribution is 2.20. The maximum atomic E-state index is 12.0. The molecule has 0 aromatic rings. The van der Waals surface area contributed by atoms with Gasteiger partial charge < -0.3 is 10.6 Å². The smallest absolute Gasteiger partial charge is 0.236 e. The zero-order valence-corrected chi connectivity index (χ0v) is 13.4. The second-order valence-electron chi connectivity index (χ2n) is 6.59. The van der Waals surface area contributed by atoms with E-state index in [1.54, 1.807) is 7.05 Å². The molecule has 1 saturated heterocycles. The van der Waals surface area contributed by atoms with Crippen molar-refractivity contribution in [3.8, 4) is 0 Å². The van der Waals surface area contributed by atoms with E-state index < -0.39 is 0 Å². The van der Waals surface area contributed by atoms with Crippen molar-refractivity contribution in [1.29, 1.82) is 0 Å². The molecular formula is C15H31N3O. The van der Waals surface area contributed by atoms with Gasteiger partial charge in [-0.15, -0.1) is 0 Å². The zero-order valence-electron chi connectivity index (χ0n) is 13.4. The summed E-state index contributed by atoms with van der Waals surface area (Å²) in [4.78, 5) is 14.5. The van der Waals surface area contributed by atoms with E-state index in [4.69, 9.17) is 0 Å². The summed E-state index contributed by atoms with van der Waals surface area (Å²) >= 11 is 0. The highest BCUT2D eigenvalue weighted by Gasteiger charge is 2.33. The van der Waals surface area contributed by atoms with Crippen molar-refractivity contribution in [3.05, 3.63) is 0 Å². The van der Waals surface area contributed by atoms with E-state index in [1.807, 2.05) is 0 Å². The molecule has 1 amide bonds. The molecule has 1 aliphatic heterocycles. The molecule has 1 fully saturated rings. The third kappa shape index (κ3) is 4.77. The monoisotopic (exact) mass is 269 g/mol. The largest absolute Gasteiger partial charge is 0.358 e. The summed E-state index contributed by atoms with van der Waals surface area (Å²) in [5.74, 6) is 1.23. The van der Waals surface area contributed by atoms with Crippen LogP contribution in [0.25, 0.3) is 0 Å². The van der Waals surface area contributed by atoms with Crippen LogP contribution in [0.2, 0.25) is 0 Å². The van der Waals surface area contributed by atoms with Crippen LogP contribution >= 0.6 is 0 Å². The van der Waals surface area contributed by atoms with Gasteiger partial charge in [0.1, 0.15) is 0 Å². The molecule has 0 bridgehead atoms. The third-order valence-electron chi connectivity index (χ3n) is 4.06. The number of carbonyl (C=O) groups is 1. The van der Waals surface area contributed by atoms with E-state index in [0.29, 0.717) is 23.9 Å². The van der Waals surface area contributed by atoms with Crippen molar-refractivity contribution in [2.24, 2.45) is 11.8 Å². The summed E-state index contributed by atoms with van der Waals surface area (Å²) in [6.07, 6.45) is 0.893. The van der Waals surface area contributed by atoms with Gasteiger partial charge in [-0.2, -0.15) is 0 Å². The first-order valence-electron chi connectivity index (χ1n) is 7.56. The van der Waals surface area contributed by atoms with Gasteiger partial charge in [-0.05, 0) is 32.1 Å². The molecule has 0 aromatic heterocycles. The molecule has 19 heavy (non-hydrogen) atoms. The molecule has 0 aliphatic carbocycles. The van der Waals surface area contributed by atoms with E-state index in [9.17, 15) is 4.79 Å². The Morgan fingerprint density at radius 2 is 1.89 bits per heavy atom. The van der Waals surface area contributed by atoms with Gasteiger partial charge in [0.25, 0.3) is 0 Å². The second kappa shape index (κ2) is 7.25. The fourth-order valence-electron chi connectivity index (χ4n) is 2.80. The number of hydrogen-bond acceptors (Lipinski definition) is 3. The lowest BCUT2D eigenvalue weighted by Gasteiger charge is -2.26. The molecule has 0 radical (unpaired) electrons. The van der Waals surface area contributed by atoms with Gasteiger partial charge in [0.05, 0.1) is 6.04 Å². The molecule has 1 rings (SSSR count). The number of hydrogen-bond donors (Lipinski definition) is 2. The Labute approximate surface area is 118 Å². The maximum absolute atomic E-state index is 12.0. The van der Waals surface area contributed by atoms with Crippen molar-refractivity contribution in [2.45, 2.75) is 59.2 Å². The van der Waals surface area contributed by atoms with Gasteiger partial charge in [-0.3, -0.25) is 9.69 Å². The Morgan fingerprint density at radius 3 is 2.32 bits per heavy atom. The van der Waals surface area contributed by atoms with Crippen LogP contribution < -0.4 is 10.6 Å². The van der Waals surface area contributed by atoms with Gasteiger partial charge in [0.15, 0.2) is 0 Å². The van der Waals surface area contributed by atoms with Crippen LogP contribution in [0, 0.1) is 11.8 Å². The summed E-state index contributed by atoms with van der Waals surface area (Å²) in [5, 5.41) is 6.36. The minimum absolute atomic E-state index is 0.0652. The molecule has 0 aromatic carbocycles. The minimum atomic E-state index is -0.0652. The molecule has 0 saturated carbocycles. The predicted octanol–water partition coefficient (Wildman–Crippen LogP) is 1.47. The number of likely N-dealkylation sites (N-methyl/N-ethyl adjacent to an activating group) is 1. The fraction of sp³-hybridized carbons (Fsp3) is 0.933. The number of nitrogens with zero attached hydrogens (tertiary/aromatic N) is 1. The number of likely N-dealkylation sites (tertiary alicyclic amines) is 1. The number of rotatable bonds is 6. The second-order valence-corrected chi connectivity index (χ2v) is 6.59. The van der Waals surface area contributed by atoms with Crippen LogP contribution in [0.1, 0.15) is 41.0 Å². The van der Waals surface area contributed by atoms with Crippen LogP contribution in [-0.4, -0.2) is 49.1 Å². The average Bonchev–Trinajstić information content (AvgIpc) is 2.69. The van der Waals surface area contributed by atoms with Crippen molar-refractivity contribution in [3.63, 3.8) is 0 Å². The average molecular weight is 269 g/mol. The zero-order chi connectivity index (χ0) is 14.6. The van der Waals surface area contributed by atoms with E-state index in [1.165, 1.54) is 0 Å². The molecule has 112 valence electrons. The van der Waals surface area contributed by atoms with Gasteiger partial charge in [-0.1, -0.05) is 20.8 Å². The molecule has 2 N–H and O–H groups in total. The minimum Gasteiger partial charge on any atom is -0.358 e. The molecular weight excluding hydrogens is 238 g/mol. The summed E-state index contributed by atoms with van der Waals surface area (Å²) < 4.78 is 0. The Kier molecular flexibility index (Phi) is 6.27. The van der Waals surface area contributed by atoms with E-state index in [0.717, 1.165) is 19.5 Å². The Morgan fingerprint density at radius 1 is 1.26 bits per heavy atom. The van der Waals surface area contributed by atoms with Crippen LogP contribution in [-0.2, 0) is 4.79 Å². The van der Waals surface area contributed by atoms with Crippen LogP contribution in [0.15, 0.2) is 0 Å². The quantitative estimate of drug-likeness (QED) is 0.767. The van der Waals surface area contributed by atoms with Crippen LogP contribution in [0.5, 0.6) is 0 Å². The Balaban J connectivity index is 2.61. The van der Waals surface area contributed by atoms with Gasteiger partial charge >= 0.3 is 0 Å². The number of carbonyl (C=O) groups excluding carboxylic acids is 1. The first-order valence-corrected chi connectivity index (χ1v) is 7.56. The number of amides is 1. The first-order chi connectivity index (χ1) is 8.85. The molecule has 4 nitrogen and oxygen atoms in total. The molecule has 3 unspecified atom stereocenters.